The lowest BCUT2D eigenvalue weighted by Crippen LogP contribution is -2.52. The Morgan fingerprint density at radius 1 is 0.683 bits per heavy atom. The van der Waals surface area contributed by atoms with Crippen LogP contribution in [-0.4, -0.2) is 73.7 Å². The minimum Gasteiger partial charge on any atom is -0.481 e. The van der Waals surface area contributed by atoms with Gasteiger partial charge in [0.2, 0.25) is 0 Å². The summed E-state index contributed by atoms with van der Waals surface area (Å²) in [6.45, 7) is 6.27. The molecule has 2 rings (SSSR count). The van der Waals surface area contributed by atoms with Gasteiger partial charge in [-0.3, -0.25) is 14.4 Å². The average molecular weight is 571 g/mol. The van der Waals surface area contributed by atoms with E-state index in [1.165, 1.54) is 13.8 Å². The zero-order valence-electron chi connectivity index (χ0n) is 23.5. The van der Waals surface area contributed by atoms with E-state index >= 15 is 0 Å². The van der Waals surface area contributed by atoms with Crippen molar-refractivity contribution in [1.82, 2.24) is 0 Å². The first kappa shape index (κ1) is 33.2. The zero-order chi connectivity index (χ0) is 30.3. The Morgan fingerprint density at radius 3 is 1.41 bits per heavy atom. The van der Waals surface area contributed by atoms with E-state index in [2.05, 4.69) is 6.58 Å². The van der Waals surface area contributed by atoms with E-state index in [0.717, 1.165) is 11.1 Å². The van der Waals surface area contributed by atoms with Gasteiger partial charge in [0.05, 0.1) is 38.3 Å². The molecular formula is C31H38O10. The van der Waals surface area contributed by atoms with Gasteiger partial charge in [-0.05, 0) is 24.0 Å². The second kappa shape index (κ2) is 16.9. The fourth-order valence-electron chi connectivity index (χ4n) is 4.47. The summed E-state index contributed by atoms with van der Waals surface area (Å²) in [5.41, 5.74) is -1.20. The topological polar surface area (TPSA) is 146 Å². The number of hydrogen-bond acceptors (Lipinski definition) is 8. The number of carboxylic acid groups (broad SMARTS) is 2. The van der Waals surface area contributed by atoms with Crippen LogP contribution in [0, 0.1) is 17.3 Å². The van der Waals surface area contributed by atoms with Crippen LogP contribution in [0.5, 0.6) is 0 Å². The highest BCUT2D eigenvalue weighted by atomic mass is 16.6. The minimum absolute atomic E-state index is 0.0487. The molecule has 0 aromatic heterocycles. The molecule has 2 atom stereocenters. The van der Waals surface area contributed by atoms with Gasteiger partial charge in [-0.1, -0.05) is 81.1 Å². The lowest BCUT2D eigenvalue weighted by Gasteiger charge is -2.37. The highest BCUT2D eigenvalue weighted by Gasteiger charge is 2.58. The quantitative estimate of drug-likeness (QED) is 0.146. The summed E-state index contributed by atoms with van der Waals surface area (Å²) in [4.78, 5) is 50.3. The molecule has 0 fully saturated rings. The van der Waals surface area contributed by atoms with Crippen molar-refractivity contribution < 1.29 is 48.3 Å². The molecule has 0 saturated heterocycles. The van der Waals surface area contributed by atoms with E-state index in [1.807, 2.05) is 60.7 Å². The van der Waals surface area contributed by atoms with Crippen LogP contribution in [0.1, 0.15) is 25.0 Å². The number of ether oxygens (including phenoxy) is 4. The minimum atomic E-state index is -2.53. The molecule has 0 aliphatic carbocycles. The van der Waals surface area contributed by atoms with Crippen molar-refractivity contribution in [3.63, 3.8) is 0 Å². The van der Waals surface area contributed by atoms with Crippen LogP contribution < -0.4 is 0 Å². The predicted octanol–water partition coefficient (Wildman–Crippen LogP) is 3.58. The maximum atomic E-state index is 12.9. The van der Waals surface area contributed by atoms with Gasteiger partial charge in [0.25, 0.3) is 0 Å². The van der Waals surface area contributed by atoms with Crippen molar-refractivity contribution in [3.8, 4) is 0 Å². The molecule has 0 heterocycles. The van der Waals surface area contributed by atoms with E-state index in [9.17, 15) is 29.4 Å². The molecule has 0 spiro atoms. The maximum absolute atomic E-state index is 12.9. The lowest BCUT2D eigenvalue weighted by atomic mass is 9.63. The third kappa shape index (κ3) is 9.54. The summed E-state index contributed by atoms with van der Waals surface area (Å²) in [6.07, 6.45) is 1.31. The fraction of sp³-hybridized carbons (Fsp3) is 0.419. The van der Waals surface area contributed by atoms with Crippen molar-refractivity contribution in [1.29, 1.82) is 0 Å². The molecule has 41 heavy (non-hydrogen) atoms. The molecule has 10 heteroatoms. The number of esters is 2. The molecule has 0 bridgehead atoms. The number of benzene rings is 2. The molecule has 0 radical (unpaired) electrons. The molecule has 2 aromatic carbocycles. The van der Waals surface area contributed by atoms with Gasteiger partial charge in [-0.15, -0.1) is 0 Å². The summed E-state index contributed by atoms with van der Waals surface area (Å²) in [7, 11) is 0. The molecule has 2 N–H and O–H groups in total. The standard InChI is InChI=1S/C31H38O10/c1-22(27(32)33)31(30(36)37,23(2)28(34)40-20-18-38-16-14-25-10-6-4-7-11-25)24(3)29(35)41-21-19-39-17-15-26-12-8-5-9-13-26/h4-13,23-24H,1,14-21H2,2-3H3,(H,32,33)(H,36,37). The van der Waals surface area contributed by atoms with Crippen molar-refractivity contribution in [2.24, 2.45) is 17.3 Å². The first-order valence-corrected chi connectivity index (χ1v) is 13.3. The molecular weight excluding hydrogens is 532 g/mol. The van der Waals surface area contributed by atoms with E-state index in [4.69, 9.17) is 18.9 Å². The van der Waals surface area contributed by atoms with Crippen LogP contribution in [0.3, 0.4) is 0 Å². The first-order valence-electron chi connectivity index (χ1n) is 13.3. The van der Waals surface area contributed by atoms with Crippen LogP contribution in [0.25, 0.3) is 0 Å². The Labute approximate surface area is 239 Å². The van der Waals surface area contributed by atoms with Gasteiger partial charge >= 0.3 is 23.9 Å². The Bertz CT molecular complexity index is 1080. The normalized spacial score (nSPS) is 13.8. The third-order valence-corrected chi connectivity index (χ3v) is 6.88. The monoisotopic (exact) mass is 570 g/mol. The second-order valence-corrected chi connectivity index (χ2v) is 9.43. The Balaban J connectivity index is 1.94. The van der Waals surface area contributed by atoms with Crippen molar-refractivity contribution in [2.75, 3.05) is 39.6 Å². The summed E-state index contributed by atoms with van der Waals surface area (Å²) < 4.78 is 21.4. The summed E-state index contributed by atoms with van der Waals surface area (Å²) in [5, 5.41) is 19.8. The molecule has 2 unspecified atom stereocenters. The lowest BCUT2D eigenvalue weighted by molar-refractivity contribution is -0.174. The van der Waals surface area contributed by atoms with E-state index in [0.29, 0.717) is 26.1 Å². The van der Waals surface area contributed by atoms with Gasteiger partial charge in [0, 0.05) is 5.57 Å². The van der Waals surface area contributed by atoms with Gasteiger partial charge < -0.3 is 29.2 Å². The zero-order valence-corrected chi connectivity index (χ0v) is 23.5. The van der Waals surface area contributed by atoms with Crippen LogP contribution in [0.2, 0.25) is 0 Å². The third-order valence-electron chi connectivity index (χ3n) is 6.88. The largest absolute Gasteiger partial charge is 0.481 e. The Kier molecular flexibility index (Phi) is 13.7. The summed E-state index contributed by atoms with van der Waals surface area (Å²) in [5.74, 6) is -8.57. The first-order chi connectivity index (χ1) is 19.6. The van der Waals surface area contributed by atoms with Crippen LogP contribution in [0.4, 0.5) is 0 Å². The van der Waals surface area contributed by atoms with E-state index in [-0.39, 0.29) is 26.4 Å². The van der Waals surface area contributed by atoms with Crippen molar-refractivity contribution >= 4 is 23.9 Å². The second-order valence-electron chi connectivity index (χ2n) is 9.43. The smallest absolute Gasteiger partial charge is 0.332 e. The van der Waals surface area contributed by atoms with Gasteiger partial charge in [-0.25, -0.2) is 4.79 Å². The average Bonchev–Trinajstić information content (AvgIpc) is 2.97. The van der Waals surface area contributed by atoms with Crippen molar-refractivity contribution in [3.05, 3.63) is 83.9 Å². The van der Waals surface area contributed by atoms with E-state index < -0.39 is 46.7 Å². The molecule has 0 aliphatic heterocycles. The number of aliphatic carboxylic acids is 2. The number of hydrogen-bond donors (Lipinski definition) is 2. The number of rotatable bonds is 19. The van der Waals surface area contributed by atoms with Crippen LogP contribution >= 0.6 is 0 Å². The fourth-order valence-corrected chi connectivity index (χ4v) is 4.47. The molecule has 0 saturated carbocycles. The Morgan fingerprint density at radius 2 is 1.07 bits per heavy atom. The molecule has 0 aliphatic rings. The highest BCUT2D eigenvalue weighted by molar-refractivity contribution is 6.01. The number of carbonyl (C=O) groups is 4. The van der Waals surface area contributed by atoms with Crippen LogP contribution in [-0.2, 0) is 51.0 Å². The van der Waals surface area contributed by atoms with Gasteiger partial charge in [0.15, 0.2) is 0 Å². The highest BCUT2D eigenvalue weighted by Crippen LogP contribution is 2.44. The molecule has 2 aromatic rings. The Hall–Kier alpha value is -4.02. The maximum Gasteiger partial charge on any atom is 0.332 e. The molecule has 0 amide bonds. The number of carboxylic acids is 2. The summed E-state index contributed by atoms with van der Waals surface area (Å²) >= 11 is 0. The van der Waals surface area contributed by atoms with Crippen LogP contribution in [0.15, 0.2) is 72.8 Å². The summed E-state index contributed by atoms with van der Waals surface area (Å²) in [6, 6.07) is 19.3. The molecule has 10 nitrogen and oxygen atoms in total. The SMILES string of the molecule is C=C(C(=O)O)C(C(=O)O)(C(C)C(=O)OCCOCCc1ccccc1)C(C)C(=O)OCCOCCc1ccccc1. The number of carbonyl (C=O) groups excluding carboxylic acids is 2. The molecule has 222 valence electrons. The van der Waals surface area contributed by atoms with Crippen molar-refractivity contribution in [2.45, 2.75) is 26.7 Å². The van der Waals surface area contributed by atoms with E-state index in [1.54, 1.807) is 0 Å². The van der Waals surface area contributed by atoms with Gasteiger partial charge in [0.1, 0.15) is 18.6 Å². The predicted molar refractivity (Wildman–Crippen MR) is 149 cm³/mol. The van der Waals surface area contributed by atoms with Gasteiger partial charge in [-0.2, -0.15) is 0 Å².